The van der Waals surface area contributed by atoms with Crippen LogP contribution in [0.25, 0.3) is 10.8 Å². The van der Waals surface area contributed by atoms with Gasteiger partial charge in [-0.1, -0.05) is 50.3 Å². The molecule has 208 valence electrons. The number of benzene rings is 2. The van der Waals surface area contributed by atoms with E-state index in [4.69, 9.17) is 9.47 Å². The van der Waals surface area contributed by atoms with Gasteiger partial charge in [-0.3, -0.25) is 14.4 Å². The van der Waals surface area contributed by atoms with Crippen molar-refractivity contribution in [2.24, 2.45) is 11.8 Å². The molecule has 0 radical (unpaired) electrons. The average molecular weight is 535 g/mol. The summed E-state index contributed by atoms with van der Waals surface area (Å²) in [5.74, 6) is -2.72. The molecule has 0 saturated carbocycles. The van der Waals surface area contributed by atoms with Crippen molar-refractivity contribution in [3.05, 3.63) is 55.1 Å². The Morgan fingerprint density at radius 2 is 1.95 bits per heavy atom. The van der Waals surface area contributed by atoms with Crippen LogP contribution < -0.4 is 4.90 Å². The van der Waals surface area contributed by atoms with Crippen LogP contribution in [0.1, 0.15) is 46.5 Å². The van der Waals surface area contributed by atoms with Gasteiger partial charge in [-0.15, -0.1) is 6.58 Å². The van der Waals surface area contributed by atoms with Crippen LogP contribution >= 0.6 is 0 Å². The van der Waals surface area contributed by atoms with Crippen LogP contribution in [0, 0.1) is 11.8 Å². The Hall–Kier alpha value is -3.23. The Bertz CT molecular complexity index is 1290. The van der Waals surface area contributed by atoms with Gasteiger partial charge in [0, 0.05) is 12.2 Å². The molecule has 1 N–H and O–H groups in total. The lowest BCUT2D eigenvalue weighted by Gasteiger charge is -2.39. The number of rotatable bonds is 10. The van der Waals surface area contributed by atoms with Crippen molar-refractivity contribution in [3.8, 4) is 0 Å². The highest BCUT2D eigenvalue weighted by Gasteiger charge is 2.79. The van der Waals surface area contributed by atoms with Crippen molar-refractivity contribution in [2.75, 3.05) is 24.7 Å². The third kappa shape index (κ3) is 3.99. The van der Waals surface area contributed by atoms with Crippen LogP contribution in [0.2, 0.25) is 0 Å². The first-order chi connectivity index (χ1) is 18.8. The minimum atomic E-state index is -1.18. The van der Waals surface area contributed by atoms with Crippen LogP contribution in [-0.2, 0) is 23.9 Å². The minimum Gasteiger partial charge on any atom is -0.466 e. The summed E-state index contributed by atoms with van der Waals surface area (Å²) in [6.07, 6.45) is 3.67. The molecule has 0 aromatic heterocycles. The number of esters is 1. The number of anilines is 1. The fourth-order valence-electron chi connectivity index (χ4n) is 7.28. The first-order valence-electron chi connectivity index (χ1n) is 14.0. The monoisotopic (exact) mass is 534 g/mol. The number of hydrogen-bond acceptors (Lipinski definition) is 6. The highest BCUT2D eigenvalue weighted by atomic mass is 16.6. The smallest absolute Gasteiger partial charge is 0.312 e. The summed E-state index contributed by atoms with van der Waals surface area (Å²) in [5, 5.41) is 12.3. The van der Waals surface area contributed by atoms with Gasteiger partial charge in [-0.2, -0.15) is 0 Å². The summed E-state index contributed by atoms with van der Waals surface area (Å²) >= 11 is 0. The van der Waals surface area contributed by atoms with Crippen LogP contribution in [0.5, 0.6) is 0 Å². The van der Waals surface area contributed by atoms with E-state index in [1.54, 1.807) is 17.9 Å². The van der Waals surface area contributed by atoms with Crippen LogP contribution in [-0.4, -0.2) is 70.8 Å². The number of fused-ring (bicyclic) bond motifs is 2. The molecule has 2 amide bonds. The highest BCUT2D eigenvalue weighted by Crippen LogP contribution is 2.65. The lowest BCUT2D eigenvalue weighted by Crippen LogP contribution is -2.59. The molecule has 3 heterocycles. The lowest BCUT2D eigenvalue weighted by molar-refractivity contribution is -0.161. The topological polar surface area (TPSA) is 96.4 Å². The van der Waals surface area contributed by atoms with E-state index in [2.05, 4.69) is 6.58 Å². The first-order valence-corrected chi connectivity index (χ1v) is 14.0. The Morgan fingerprint density at radius 1 is 1.21 bits per heavy atom. The fourth-order valence-corrected chi connectivity index (χ4v) is 7.28. The molecule has 5 rings (SSSR count). The molecule has 1 spiro atoms. The third-order valence-electron chi connectivity index (χ3n) is 9.09. The van der Waals surface area contributed by atoms with E-state index in [0.717, 1.165) is 10.8 Å². The Balaban J connectivity index is 1.64. The van der Waals surface area contributed by atoms with Gasteiger partial charge in [0.25, 0.3) is 5.91 Å². The summed E-state index contributed by atoms with van der Waals surface area (Å²) < 4.78 is 12.2. The molecule has 2 unspecified atom stereocenters. The molecule has 2 aromatic carbocycles. The summed E-state index contributed by atoms with van der Waals surface area (Å²) in [5.41, 5.74) is -1.35. The largest absolute Gasteiger partial charge is 0.466 e. The van der Waals surface area contributed by atoms with Gasteiger partial charge in [-0.25, -0.2) is 0 Å². The molecular formula is C31H38N2O6. The fraction of sp³-hybridized carbons (Fsp3) is 0.516. The molecule has 3 aliphatic heterocycles. The SMILES string of the molecule is C=CCN(C(=O)C1N([C@@H](CC)CO)C(=O)[C@@H]2[C@@H](C(=O)OCC)[C@@]3(CC)CCC12O3)c1ccc2ccccc2c1. The average Bonchev–Trinajstić information content (AvgIpc) is 3.56. The molecular weight excluding hydrogens is 496 g/mol. The van der Waals surface area contributed by atoms with Gasteiger partial charge in [0.2, 0.25) is 5.91 Å². The van der Waals surface area contributed by atoms with Crippen molar-refractivity contribution in [1.82, 2.24) is 4.90 Å². The van der Waals surface area contributed by atoms with E-state index in [1.165, 1.54) is 4.90 Å². The molecule has 2 bridgehead atoms. The number of carbonyl (C=O) groups is 3. The Labute approximate surface area is 229 Å². The van der Waals surface area contributed by atoms with Crippen LogP contribution in [0.4, 0.5) is 5.69 Å². The van der Waals surface area contributed by atoms with Crippen molar-refractivity contribution in [3.63, 3.8) is 0 Å². The first kappa shape index (κ1) is 27.3. The van der Waals surface area contributed by atoms with Crippen molar-refractivity contribution < 1.29 is 29.0 Å². The van der Waals surface area contributed by atoms with Gasteiger partial charge in [0.05, 0.1) is 30.8 Å². The van der Waals surface area contributed by atoms with Crippen molar-refractivity contribution >= 4 is 34.2 Å². The second kappa shape index (κ2) is 10.4. The molecule has 8 heteroatoms. The number of carbonyl (C=O) groups excluding carboxylic acids is 3. The number of aliphatic hydroxyl groups is 1. The number of amides is 2. The number of aliphatic hydroxyl groups excluding tert-OH is 1. The van der Waals surface area contributed by atoms with E-state index in [1.807, 2.05) is 56.3 Å². The van der Waals surface area contributed by atoms with E-state index >= 15 is 0 Å². The molecule has 2 aromatic rings. The second-order valence-electron chi connectivity index (χ2n) is 10.8. The minimum absolute atomic E-state index is 0.193. The molecule has 0 aliphatic carbocycles. The maximum Gasteiger partial charge on any atom is 0.312 e. The van der Waals surface area contributed by atoms with E-state index in [-0.39, 0.29) is 31.6 Å². The predicted octanol–water partition coefficient (Wildman–Crippen LogP) is 3.85. The summed E-state index contributed by atoms with van der Waals surface area (Å²) in [6, 6.07) is 12.2. The predicted molar refractivity (Wildman–Crippen MR) is 148 cm³/mol. The Morgan fingerprint density at radius 3 is 2.59 bits per heavy atom. The molecule has 39 heavy (non-hydrogen) atoms. The summed E-state index contributed by atoms with van der Waals surface area (Å²) in [7, 11) is 0. The van der Waals surface area contributed by atoms with E-state index in [9.17, 15) is 19.5 Å². The zero-order chi connectivity index (χ0) is 27.9. The molecule has 3 saturated heterocycles. The summed E-state index contributed by atoms with van der Waals surface area (Å²) in [6.45, 7) is 9.58. The summed E-state index contributed by atoms with van der Waals surface area (Å²) in [4.78, 5) is 45.4. The maximum atomic E-state index is 14.7. The molecule has 6 atom stereocenters. The van der Waals surface area contributed by atoms with Crippen LogP contribution in [0.15, 0.2) is 55.1 Å². The number of likely N-dealkylation sites (tertiary alicyclic amines) is 1. The van der Waals surface area contributed by atoms with Gasteiger partial charge < -0.3 is 24.4 Å². The van der Waals surface area contributed by atoms with Gasteiger partial charge in [0.15, 0.2) is 0 Å². The standard InChI is InChI=1S/C31H38N2O6/c1-5-17-32(23-14-13-20-11-9-10-12-21(20)18-23)28(36)26-31-16-15-30(7-3,39-31)25(29(37)38-8-4)24(31)27(35)33(26)22(6-2)19-34/h5,9-14,18,22,24-26,34H,1,6-8,15-17,19H2,2-4H3/t22-,24-,25-,26?,30+,31?/m0/s1. The quantitative estimate of drug-likeness (QED) is 0.368. The normalized spacial score (nSPS) is 29.9. The van der Waals surface area contributed by atoms with Crippen LogP contribution in [0.3, 0.4) is 0 Å². The van der Waals surface area contributed by atoms with Crippen molar-refractivity contribution in [2.45, 2.75) is 69.7 Å². The zero-order valence-corrected chi connectivity index (χ0v) is 23.0. The van der Waals surface area contributed by atoms with Gasteiger partial charge in [0.1, 0.15) is 17.6 Å². The van der Waals surface area contributed by atoms with Gasteiger partial charge >= 0.3 is 5.97 Å². The lowest BCUT2D eigenvalue weighted by atomic mass is 9.65. The third-order valence-corrected chi connectivity index (χ3v) is 9.09. The number of hydrogen-bond donors (Lipinski definition) is 1. The molecule has 8 nitrogen and oxygen atoms in total. The van der Waals surface area contributed by atoms with Gasteiger partial charge in [-0.05, 0) is 55.5 Å². The van der Waals surface area contributed by atoms with Crippen molar-refractivity contribution in [1.29, 1.82) is 0 Å². The maximum absolute atomic E-state index is 14.7. The molecule has 3 aliphatic rings. The Kier molecular flexibility index (Phi) is 7.29. The highest BCUT2D eigenvalue weighted by molar-refractivity contribution is 6.05. The number of nitrogens with zero attached hydrogens (tertiary/aromatic N) is 2. The van der Waals surface area contributed by atoms with E-state index < -0.39 is 41.1 Å². The zero-order valence-electron chi connectivity index (χ0n) is 23.0. The molecule has 3 fully saturated rings. The van der Waals surface area contributed by atoms with E-state index in [0.29, 0.717) is 31.4 Å². The number of ether oxygens (including phenoxy) is 2. The second-order valence-corrected chi connectivity index (χ2v) is 10.8.